The number of benzene rings is 3. The van der Waals surface area contributed by atoms with Crippen molar-refractivity contribution in [1.29, 1.82) is 5.26 Å². The zero-order valence-corrected chi connectivity index (χ0v) is 38.5. The van der Waals surface area contributed by atoms with Crippen molar-refractivity contribution in [3.8, 4) is 17.6 Å². The molecule has 4 aromatic rings. The van der Waals surface area contributed by atoms with Crippen LogP contribution in [0.15, 0.2) is 94.6 Å². The van der Waals surface area contributed by atoms with Gasteiger partial charge in [-0.25, -0.2) is 9.46 Å². The highest BCUT2D eigenvalue weighted by Crippen LogP contribution is 2.50. The van der Waals surface area contributed by atoms with E-state index in [9.17, 15) is 32.8 Å². The standard InChI is InChI=1S/C47H59F3N5O9P/c1-32(2)55(33(3)4)65(62-28-14-26-51)64-40-29-42(54-30-34(43(56)53-45(54)58)15-10-7-8-13-27-52-44(57)47(48,49)50)63-41(40)31-61-46(35-16-11-9-12-17-35,36-18-22-38(59-5)23-19-36)37-20-24-39(60-6)25-21-37/h9,11-12,16-25,30,32-33,40-42H,7-8,10,13-15,27-29,31H2,1-6H3,(H,52,57)(H,53,56,58)/t40-,41+,42+,65?/m0/s1. The molecule has 2 N–H and O–H groups in total. The molecule has 0 saturated carbocycles. The van der Waals surface area contributed by atoms with E-state index in [1.807, 2.05) is 112 Å². The molecular weight excluding hydrogens is 867 g/mol. The first-order valence-electron chi connectivity index (χ1n) is 21.7. The monoisotopic (exact) mass is 925 g/mol. The number of H-pyrrole nitrogens is 1. The van der Waals surface area contributed by atoms with Crippen LogP contribution in [-0.4, -0.2) is 84.6 Å². The van der Waals surface area contributed by atoms with Crippen LogP contribution in [0.3, 0.4) is 0 Å². The molecule has 1 unspecified atom stereocenters. The van der Waals surface area contributed by atoms with Crippen LogP contribution in [-0.2, 0) is 35.3 Å². The minimum absolute atomic E-state index is 0.00471. The highest BCUT2D eigenvalue weighted by molar-refractivity contribution is 7.44. The summed E-state index contributed by atoms with van der Waals surface area (Å²) in [5, 5.41) is 11.3. The fourth-order valence-electron chi connectivity index (χ4n) is 7.84. The van der Waals surface area contributed by atoms with Crippen molar-refractivity contribution in [3.05, 3.63) is 128 Å². The van der Waals surface area contributed by atoms with E-state index in [0.29, 0.717) is 42.7 Å². The minimum atomic E-state index is -4.94. The molecule has 352 valence electrons. The number of nitriles is 1. The van der Waals surface area contributed by atoms with Crippen LogP contribution >= 0.6 is 8.53 Å². The molecule has 1 aliphatic rings. The number of rotatable bonds is 24. The summed E-state index contributed by atoms with van der Waals surface area (Å²) >= 11 is 0. The Labute approximate surface area is 378 Å². The Bertz CT molecular complexity index is 2210. The fraction of sp³-hybridized carbons (Fsp3) is 0.489. The maximum atomic E-state index is 13.6. The lowest BCUT2D eigenvalue weighted by atomic mass is 9.80. The molecule has 2 heterocycles. The Balaban J connectivity index is 1.50. The third kappa shape index (κ3) is 13.3. The summed E-state index contributed by atoms with van der Waals surface area (Å²) < 4.78 is 79.4. The summed E-state index contributed by atoms with van der Waals surface area (Å²) in [5.41, 5.74) is 0.281. The van der Waals surface area contributed by atoms with Gasteiger partial charge in [-0.3, -0.25) is 19.1 Å². The van der Waals surface area contributed by atoms with Crippen LogP contribution in [0.4, 0.5) is 13.2 Å². The Morgan fingerprint density at radius 2 is 1.49 bits per heavy atom. The highest BCUT2D eigenvalue weighted by Gasteiger charge is 2.45. The minimum Gasteiger partial charge on any atom is -0.497 e. The number of carbonyl (C=O) groups is 1. The lowest BCUT2D eigenvalue weighted by Crippen LogP contribution is -2.39. The Morgan fingerprint density at radius 3 is 2.05 bits per heavy atom. The van der Waals surface area contributed by atoms with E-state index in [0.717, 1.165) is 16.7 Å². The molecular formula is C47H59F3N5O9P. The highest BCUT2D eigenvalue weighted by atomic mass is 31.2. The normalized spacial score (nSPS) is 17.1. The van der Waals surface area contributed by atoms with Crippen molar-refractivity contribution in [2.45, 2.75) is 115 Å². The number of nitrogens with zero attached hydrogens (tertiary/aromatic N) is 3. The van der Waals surface area contributed by atoms with Gasteiger partial charge in [0.05, 0.1) is 46.0 Å². The van der Waals surface area contributed by atoms with Gasteiger partial charge in [0.1, 0.15) is 29.4 Å². The summed E-state index contributed by atoms with van der Waals surface area (Å²) in [7, 11) is 1.43. The fourth-order valence-corrected chi connectivity index (χ4v) is 9.60. The maximum absolute atomic E-state index is 13.6. The Morgan fingerprint density at radius 1 is 0.908 bits per heavy atom. The number of hydrogen-bond acceptors (Lipinski definition) is 11. The van der Waals surface area contributed by atoms with E-state index in [4.69, 9.17) is 28.0 Å². The summed E-state index contributed by atoms with van der Waals surface area (Å²) in [6.07, 6.45) is -3.37. The Hall–Kier alpha value is -5.08. The van der Waals surface area contributed by atoms with E-state index in [1.165, 1.54) is 10.8 Å². The number of nitrogens with one attached hydrogen (secondary N) is 2. The number of unbranched alkanes of at least 4 members (excludes halogenated alkanes) is 3. The summed E-state index contributed by atoms with van der Waals surface area (Å²) in [4.78, 5) is 40.2. The number of hydrogen-bond donors (Lipinski definition) is 2. The van der Waals surface area contributed by atoms with Crippen LogP contribution in [0.25, 0.3) is 0 Å². The molecule has 1 saturated heterocycles. The molecule has 3 aromatic carbocycles. The zero-order valence-electron chi connectivity index (χ0n) is 37.6. The molecule has 0 radical (unpaired) electrons. The first-order valence-corrected chi connectivity index (χ1v) is 22.8. The van der Waals surface area contributed by atoms with Crippen LogP contribution in [0.2, 0.25) is 0 Å². The summed E-state index contributed by atoms with van der Waals surface area (Å²) in [6, 6.07) is 27.1. The average Bonchev–Trinajstić information content (AvgIpc) is 3.68. The van der Waals surface area contributed by atoms with Gasteiger partial charge in [-0.1, -0.05) is 67.4 Å². The molecule has 0 spiro atoms. The van der Waals surface area contributed by atoms with Gasteiger partial charge < -0.3 is 33.3 Å². The third-order valence-corrected chi connectivity index (χ3v) is 13.1. The van der Waals surface area contributed by atoms with E-state index >= 15 is 0 Å². The maximum Gasteiger partial charge on any atom is 0.471 e. The number of halogens is 3. The van der Waals surface area contributed by atoms with Crippen LogP contribution in [0.1, 0.15) is 94.7 Å². The number of amides is 1. The predicted molar refractivity (Wildman–Crippen MR) is 239 cm³/mol. The second-order valence-corrected chi connectivity index (χ2v) is 17.5. The smallest absolute Gasteiger partial charge is 0.471 e. The van der Waals surface area contributed by atoms with Crippen molar-refractivity contribution < 1.29 is 46.0 Å². The molecule has 5 rings (SSSR count). The largest absolute Gasteiger partial charge is 0.497 e. The zero-order chi connectivity index (χ0) is 47.1. The molecule has 0 aliphatic carbocycles. The van der Waals surface area contributed by atoms with E-state index in [1.54, 1.807) is 14.2 Å². The van der Waals surface area contributed by atoms with Gasteiger partial charge in [0.15, 0.2) is 0 Å². The Kier molecular flexibility index (Phi) is 18.7. The second kappa shape index (κ2) is 23.9. The first kappa shape index (κ1) is 50.9. The van der Waals surface area contributed by atoms with Gasteiger partial charge >= 0.3 is 17.8 Å². The number of methoxy groups -OCH3 is 2. The molecule has 65 heavy (non-hydrogen) atoms. The molecule has 1 fully saturated rings. The van der Waals surface area contributed by atoms with Crippen LogP contribution < -0.4 is 26.0 Å². The molecule has 14 nitrogen and oxygen atoms in total. The lowest BCUT2D eigenvalue weighted by Gasteiger charge is -2.39. The second-order valence-electron chi connectivity index (χ2n) is 16.1. The molecule has 1 aliphatic heterocycles. The predicted octanol–water partition coefficient (Wildman–Crippen LogP) is 8.29. The number of ether oxygens (including phenoxy) is 4. The first-order chi connectivity index (χ1) is 31.1. The number of carbonyl (C=O) groups excluding carboxylic acids is 1. The lowest BCUT2D eigenvalue weighted by molar-refractivity contribution is -0.173. The van der Waals surface area contributed by atoms with Gasteiger partial charge in [-0.2, -0.15) is 18.4 Å². The van der Waals surface area contributed by atoms with E-state index in [-0.39, 0.29) is 51.1 Å². The molecule has 4 atom stereocenters. The van der Waals surface area contributed by atoms with E-state index < -0.39 is 55.9 Å². The number of aromatic amines is 1. The summed E-state index contributed by atoms with van der Waals surface area (Å²) in [5.74, 6) is -0.663. The topological polar surface area (TPSA) is 166 Å². The van der Waals surface area contributed by atoms with Crippen molar-refractivity contribution >= 4 is 14.4 Å². The van der Waals surface area contributed by atoms with Crippen LogP contribution in [0, 0.1) is 11.3 Å². The van der Waals surface area contributed by atoms with Crippen molar-refractivity contribution in [1.82, 2.24) is 19.5 Å². The molecule has 1 aromatic heterocycles. The summed E-state index contributed by atoms with van der Waals surface area (Å²) in [6.45, 7) is 8.10. The van der Waals surface area contributed by atoms with Gasteiger partial charge in [-0.05, 0) is 87.9 Å². The van der Waals surface area contributed by atoms with Crippen LogP contribution in [0.5, 0.6) is 11.5 Å². The van der Waals surface area contributed by atoms with Gasteiger partial charge in [-0.15, -0.1) is 0 Å². The van der Waals surface area contributed by atoms with Crippen molar-refractivity contribution in [3.63, 3.8) is 0 Å². The molecule has 1 amide bonds. The molecule has 18 heteroatoms. The third-order valence-electron chi connectivity index (χ3n) is 11.0. The average molecular weight is 926 g/mol. The SMILES string of the molecule is COc1ccc(C(OC[C@H]2O[C@@H](n3cc(CCCCCCNC(=O)C(F)(F)F)c(=O)[nH]c3=O)C[C@@H]2OP(OCCC#N)N(C(C)C)C(C)C)(c2ccccc2)c2ccc(OC)cc2)cc1. The number of aromatic nitrogens is 2. The molecule has 0 bridgehead atoms. The van der Waals surface area contributed by atoms with E-state index in [2.05, 4.69) is 15.7 Å². The van der Waals surface area contributed by atoms with Crippen molar-refractivity contribution in [2.24, 2.45) is 0 Å². The number of aryl methyl sites for hydroxylation is 1. The quantitative estimate of drug-likeness (QED) is 0.0395. The number of alkyl halides is 3. The van der Waals surface area contributed by atoms with Gasteiger partial charge in [0.2, 0.25) is 0 Å². The van der Waals surface area contributed by atoms with Gasteiger partial charge in [0.25, 0.3) is 14.1 Å². The van der Waals surface area contributed by atoms with Gasteiger partial charge in [0, 0.05) is 36.8 Å². The van der Waals surface area contributed by atoms with Crippen molar-refractivity contribution in [2.75, 3.05) is 34.0 Å².